The number of nitrogens with zero attached hydrogens (tertiary/aromatic N) is 3. The molecule has 3 heterocycles. The fraction of sp³-hybridized carbons (Fsp3) is 0.400. The summed E-state index contributed by atoms with van der Waals surface area (Å²) in [5, 5.41) is 9.44. The van der Waals surface area contributed by atoms with Gasteiger partial charge in [-0.3, -0.25) is 9.47 Å². The summed E-state index contributed by atoms with van der Waals surface area (Å²) in [6.07, 6.45) is 1.93. The molecule has 2 aromatic heterocycles. The number of pyridine rings is 2. The molecule has 0 bridgehead atoms. The van der Waals surface area contributed by atoms with Crippen molar-refractivity contribution < 1.29 is 19.4 Å². The van der Waals surface area contributed by atoms with E-state index in [1.54, 1.807) is 13.0 Å². The van der Waals surface area contributed by atoms with Crippen LogP contribution >= 0.6 is 12.2 Å². The molecule has 0 spiro atoms. The number of hydrogen-bond donors (Lipinski definition) is 1. The second kappa shape index (κ2) is 8.95. The van der Waals surface area contributed by atoms with Crippen LogP contribution in [0.1, 0.15) is 28.5 Å². The fourth-order valence-corrected chi connectivity index (χ4v) is 3.77. The minimum Gasteiger partial charge on any atom is -0.462 e. The third kappa shape index (κ3) is 4.21. The summed E-state index contributed by atoms with van der Waals surface area (Å²) in [5.41, 5.74) is 1.48. The number of rotatable bonds is 5. The zero-order valence-electron chi connectivity index (χ0n) is 16.2. The lowest BCUT2D eigenvalue weighted by Gasteiger charge is -2.29. The van der Waals surface area contributed by atoms with E-state index in [2.05, 4.69) is 22.0 Å². The molecule has 0 atom stereocenters. The van der Waals surface area contributed by atoms with E-state index in [-0.39, 0.29) is 0 Å². The molecular formula is C20H25N5O2S+2. The Bertz CT molecular complexity index is 944. The highest BCUT2D eigenvalue weighted by Crippen LogP contribution is 2.15. The predicted octanol–water partition coefficient (Wildman–Crippen LogP) is 0.751. The first-order chi connectivity index (χ1) is 13.5. The lowest BCUT2D eigenvalue weighted by Crippen LogP contribution is -3.14. The van der Waals surface area contributed by atoms with Gasteiger partial charge in [0.25, 0.3) is 5.82 Å². The molecule has 0 saturated carbocycles. The molecule has 8 heteroatoms. The van der Waals surface area contributed by atoms with Gasteiger partial charge >= 0.3 is 5.97 Å². The van der Waals surface area contributed by atoms with Crippen LogP contribution < -0.4 is 14.8 Å². The zero-order valence-corrected chi connectivity index (χ0v) is 17.0. The van der Waals surface area contributed by atoms with Crippen molar-refractivity contribution >= 4 is 24.0 Å². The highest BCUT2D eigenvalue weighted by atomic mass is 32.1. The number of quaternary nitrogens is 1. The molecule has 0 amide bonds. The van der Waals surface area contributed by atoms with Gasteiger partial charge in [-0.15, -0.1) is 0 Å². The number of esters is 1. The van der Waals surface area contributed by atoms with Crippen LogP contribution in [0.25, 0.3) is 0 Å². The first-order valence-corrected chi connectivity index (χ1v) is 9.82. The number of H-pyrrole nitrogens is 1. The molecule has 0 radical (unpaired) electrons. The minimum absolute atomic E-state index is 0.291. The molecule has 2 aromatic rings. The molecule has 1 saturated heterocycles. The average molecular weight is 400 g/mol. The third-order valence-corrected chi connectivity index (χ3v) is 5.50. The Balaban J connectivity index is 1.79. The van der Waals surface area contributed by atoms with E-state index >= 15 is 0 Å². The van der Waals surface area contributed by atoms with Crippen LogP contribution in [0.4, 0.5) is 5.82 Å². The minimum atomic E-state index is -0.417. The van der Waals surface area contributed by atoms with Gasteiger partial charge in [0.15, 0.2) is 6.67 Å². The summed E-state index contributed by atoms with van der Waals surface area (Å²) >= 11 is 5.52. The molecule has 0 aromatic carbocycles. The van der Waals surface area contributed by atoms with E-state index in [1.807, 2.05) is 29.8 Å². The normalized spacial score (nSPS) is 14.5. The number of anilines is 1. The summed E-state index contributed by atoms with van der Waals surface area (Å²) in [5.74, 6) is 0.699. The van der Waals surface area contributed by atoms with Crippen LogP contribution in [0.15, 0.2) is 30.5 Å². The second-order valence-corrected chi connectivity index (χ2v) is 7.15. The lowest BCUT2D eigenvalue weighted by atomic mass is 10.1. The summed E-state index contributed by atoms with van der Waals surface area (Å²) in [4.78, 5) is 19.3. The van der Waals surface area contributed by atoms with Gasteiger partial charge in [-0.1, -0.05) is 18.3 Å². The third-order valence-electron chi connectivity index (χ3n) is 5.06. The van der Waals surface area contributed by atoms with Crippen molar-refractivity contribution in [2.45, 2.75) is 20.5 Å². The van der Waals surface area contributed by atoms with Crippen LogP contribution in [-0.4, -0.2) is 43.3 Å². The number of aromatic amines is 1. The van der Waals surface area contributed by atoms with Crippen molar-refractivity contribution in [2.75, 3.05) is 37.7 Å². The van der Waals surface area contributed by atoms with Gasteiger partial charge in [0.1, 0.15) is 36.9 Å². The Labute approximate surface area is 169 Å². The first-order valence-electron chi connectivity index (χ1n) is 9.42. The number of nitrogens with one attached hydrogen (secondary N) is 2. The number of aromatic nitrogens is 2. The van der Waals surface area contributed by atoms with Gasteiger partial charge in [0.2, 0.25) is 0 Å². The van der Waals surface area contributed by atoms with E-state index in [4.69, 9.17) is 17.0 Å². The van der Waals surface area contributed by atoms with E-state index in [1.165, 1.54) is 4.90 Å². The van der Waals surface area contributed by atoms with Crippen molar-refractivity contribution in [2.24, 2.45) is 0 Å². The predicted molar refractivity (Wildman–Crippen MR) is 107 cm³/mol. The number of piperazine rings is 1. The van der Waals surface area contributed by atoms with Gasteiger partial charge in [0, 0.05) is 11.8 Å². The van der Waals surface area contributed by atoms with Crippen LogP contribution in [0.2, 0.25) is 0 Å². The van der Waals surface area contributed by atoms with E-state index in [9.17, 15) is 10.1 Å². The van der Waals surface area contributed by atoms with Gasteiger partial charge in [-0.25, -0.2) is 9.78 Å². The lowest BCUT2D eigenvalue weighted by molar-refractivity contribution is -0.923. The van der Waals surface area contributed by atoms with Gasteiger partial charge in [-0.2, -0.15) is 5.26 Å². The highest BCUT2D eigenvalue weighted by molar-refractivity contribution is 7.71. The van der Waals surface area contributed by atoms with Crippen molar-refractivity contribution in [1.29, 1.82) is 5.26 Å². The van der Waals surface area contributed by atoms with Gasteiger partial charge in [0.05, 0.1) is 23.9 Å². The topological polar surface area (TPSA) is 76.8 Å². The summed E-state index contributed by atoms with van der Waals surface area (Å²) in [7, 11) is 0. The molecule has 0 unspecified atom stereocenters. The van der Waals surface area contributed by atoms with E-state index < -0.39 is 5.97 Å². The van der Waals surface area contributed by atoms with Crippen molar-refractivity contribution in [3.63, 3.8) is 0 Å². The van der Waals surface area contributed by atoms with Crippen LogP contribution in [0.5, 0.6) is 0 Å². The van der Waals surface area contributed by atoms with Crippen LogP contribution in [0, 0.1) is 22.9 Å². The number of ether oxygens (including phenoxy) is 1. The van der Waals surface area contributed by atoms with E-state index in [0.717, 1.165) is 37.7 Å². The maximum atomic E-state index is 12.3. The standard InChI is InChI=1S/C20H23N5O2S/c1-3-27-20(26)17-12-16(13-21)19(28)25(15(17)2)14-23-8-10-24(11-9-23)18-6-4-5-7-22-18/h4-7,12H,3,8-11,14H2,1-2H3/p+2. The highest BCUT2D eigenvalue weighted by Gasteiger charge is 2.27. The summed E-state index contributed by atoms with van der Waals surface area (Å²) < 4.78 is 7.52. The summed E-state index contributed by atoms with van der Waals surface area (Å²) in [6.45, 7) is 8.26. The maximum absolute atomic E-state index is 12.3. The summed E-state index contributed by atoms with van der Waals surface area (Å²) in [6, 6.07) is 9.73. The van der Waals surface area contributed by atoms with Gasteiger partial charge in [-0.05, 0) is 26.0 Å². The van der Waals surface area contributed by atoms with Crippen molar-refractivity contribution in [3.8, 4) is 6.07 Å². The van der Waals surface area contributed by atoms with Gasteiger partial charge < -0.3 is 9.64 Å². The number of nitriles is 1. The van der Waals surface area contributed by atoms with Crippen LogP contribution in [0.3, 0.4) is 0 Å². The van der Waals surface area contributed by atoms with Crippen molar-refractivity contribution in [3.05, 3.63) is 51.9 Å². The van der Waals surface area contributed by atoms with E-state index in [0.29, 0.717) is 29.0 Å². The Hall–Kier alpha value is -2.76. The Morgan fingerprint density at radius 1 is 1.39 bits per heavy atom. The molecule has 1 aliphatic heterocycles. The molecule has 0 aliphatic carbocycles. The average Bonchev–Trinajstić information content (AvgIpc) is 2.72. The molecule has 1 aliphatic rings. The molecular weight excluding hydrogens is 374 g/mol. The first kappa shape index (κ1) is 20.0. The monoisotopic (exact) mass is 399 g/mol. The Morgan fingerprint density at radius 2 is 2.14 bits per heavy atom. The molecule has 2 N–H and O–H groups in total. The SMILES string of the molecule is CCOC(=O)c1cc(C#N)c(=S)n(C[NH+]2CCN(c3cccc[nH+]3)CC2)c1C. The molecule has 28 heavy (non-hydrogen) atoms. The number of carbonyl (C=O) groups excluding carboxylic acids is 1. The quantitative estimate of drug-likeness (QED) is 0.593. The second-order valence-electron chi connectivity index (χ2n) is 6.77. The van der Waals surface area contributed by atoms with Crippen molar-refractivity contribution in [1.82, 2.24) is 4.57 Å². The molecule has 7 nitrogen and oxygen atoms in total. The number of hydrogen-bond acceptors (Lipinski definition) is 5. The fourth-order valence-electron chi connectivity index (χ4n) is 3.47. The Kier molecular flexibility index (Phi) is 6.39. The maximum Gasteiger partial charge on any atom is 0.339 e. The smallest absolute Gasteiger partial charge is 0.339 e. The molecule has 3 rings (SSSR count). The van der Waals surface area contributed by atoms with Crippen LogP contribution in [-0.2, 0) is 11.4 Å². The zero-order chi connectivity index (χ0) is 20.1. The molecule has 1 fully saturated rings. The Morgan fingerprint density at radius 3 is 2.75 bits per heavy atom. The largest absolute Gasteiger partial charge is 0.462 e. The number of carbonyl (C=O) groups is 1. The molecule has 146 valence electrons.